The van der Waals surface area contributed by atoms with Crippen molar-refractivity contribution in [3.63, 3.8) is 0 Å². The van der Waals surface area contributed by atoms with Gasteiger partial charge in [-0.25, -0.2) is 0 Å². The maximum absolute atomic E-state index is 9.54. The summed E-state index contributed by atoms with van der Waals surface area (Å²) >= 11 is 0. The Morgan fingerprint density at radius 3 is 2.67 bits per heavy atom. The number of hydrogen-bond donors (Lipinski definition) is 2. The summed E-state index contributed by atoms with van der Waals surface area (Å²) in [5, 5.41) is 13.0. The highest BCUT2D eigenvalue weighted by atomic mass is 16.3. The highest BCUT2D eigenvalue weighted by Gasteiger charge is 2.38. The molecule has 0 amide bonds. The van der Waals surface area contributed by atoms with E-state index >= 15 is 0 Å². The average Bonchev–Trinajstić information content (AvgIpc) is 2.61. The summed E-state index contributed by atoms with van der Waals surface area (Å²) in [5.41, 5.74) is 0.572. The van der Waals surface area contributed by atoms with Gasteiger partial charge in [0.05, 0.1) is 6.10 Å². The Balaban J connectivity index is 1.72. The fourth-order valence-electron chi connectivity index (χ4n) is 1.95. The van der Waals surface area contributed by atoms with Crippen LogP contribution in [0.1, 0.15) is 39.0 Å². The standard InChI is InChI=1S/C10H19NO/c1-10(5-6-10)7-11-8-3-2-4-9(8)12/h8-9,11-12H,2-7H2,1H3. The third-order valence-electron chi connectivity index (χ3n) is 3.37. The number of aliphatic hydroxyl groups is 1. The summed E-state index contributed by atoms with van der Waals surface area (Å²) in [7, 11) is 0. The predicted molar refractivity (Wildman–Crippen MR) is 49.0 cm³/mol. The van der Waals surface area contributed by atoms with E-state index in [1.807, 2.05) is 0 Å². The second-order valence-electron chi connectivity index (χ2n) is 4.80. The van der Waals surface area contributed by atoms with Gasteiger partial charge in [0.15, 0.2) is 0 Å². The fourth-order valence-corrected chi connectivity index (χ4v) is 1.95. The lowest BCUT2D eigenvalue weighted by Gasteiger charge is -2.18. The quantitative estimate of drug-likeness (QED) is 0.667. The van der Waals surface area contributed by atoms with Gasteiger partial charge in [-0.2, -0.15) is 0 Å². The fraction of sp³-hybridized carbons (Fsp3) is 1.00. The molecule has 2 nitrogen and oxygen atoms in total. The largest absolute Gasteiger partial charge is 0.392 e. The van der Waals surface area contributed by atoms with Crippen LogP contribution in [-0.4, -0.2) is 23.8 Å². The van der Waals surface area contributed by atoms with Crippen molar-refractivity contribution >= 4 is 0 Å². The van der Waals surface area contributed by atoms with Gasteiger partial charge in [-0.1, -0.05) is 6.92 Å². The molecule has 2 atom stereocenters. The summed E-state index contributed by atoms with van der Waals surface area (Å²) in [6.45, 7) is 3.43. The normalized spacial score (nSPS) is 38.5. The van der Waals surface area contributed by atoms with Crippen molar-refractivity contribution in [1.29, 1.82) is 0 Å². The molecule has 2 rings (SSSR count). The molecule has 2 unspecified atom stereocenters. The zero-order chi connectivity index (χ0) is 8.60. The molecule has 0 saturated heterocycles. The van der Waals surface area contributed by atoms with Crippen molar-refractivity contribution < 1.29 is 5.11 Å². The summed E-state index contributed by atoms with van der Waals surface area (Å²) in [6, 6.07) is 0.391. The van der Waals surface area contributed by atoms with Gasteiger partial charge in [-0.15, -0.1) is 0 Å². The predicted octanol–water partition coefficient (Wildman–Crippen LogP) is 1.29. The van der Waals surface area contributed by atoms with Gasteiger partial charge in [0.1, 0.15) is 0 Å². The summed E-state index contributed by atoms with van der Waals surface area (Å²) in [6.07, 6.45) is 6.00. The molecule has 12 heavy (non-hydrogen) atoms. The van der Waals surface area contributed by atoms with Gasteiger partial charge >= 0.3 is 0 Å². The monoisotopic (exact) mass is 169 g/mol. The molecule has 0 aliphatic heterocycles. The first-order chi connectivity index (χ1) is 5.70. The van der Waals surface area contributed by atoms with E-state index < -0.39 is 0 Å². The number of nitrogens with one attached hydrogen (secondary N) is 1. The molecule has 0 radical (unpaired) electrons. The Morgan fingerprint density at radius 2 is 2.17 bits per heavy atom. The molecule has 0 bridgehead atoms. The van der Waals surface area contributed by atoms with Gasteiger partial charge in [0.25, 0.3) is 0 Å². The van der Waals surface area contributed by atoms with Crippen LogP contribution in [0, 0.1) is 5.41 Å². The third kappa shape index (κ3) is 1.80. The minimum Gasteiger partial charge on any atom is -0.392 e. The molecule has 0 aromatic carbocycles. The molecule has 0 heterocycles. The van der Waals surface area contributed by atoms with Gasteiger partial charge < -0.3 is 10.4 Å². The van der Waals surface area contributed by atoms with Crippen molar-refractivity contribution in [2.24, 2.45) is 5.41 Å². The number of hydrogen-bond acceptors (Lipinski definition) is 2. The summed E-state index contributed by atoms with van der Waals surface area (Å²) in [5.74, 6) is 0. The Bertz CT molecular complexity index is 165. The molecule has 2 aliphatic carbocycles. The topological polar surface area (TPSA) is 32.3 Å². The van der Waals surface area contributed by atoms with Crippen molar-refractivity contribution in [2.45, 2.75) is 51.2 Å². The van der Waals surface area contributed by atoms with Crippen molar-refractivity contribution in [3.8, 4) is 0 Å². The van der Waals surface area contributed by atoms with Crippen LogP contribution >= 0.6 is 0 Å². The van der Waals surface area contributed by atoms with Crippen LogP contribution in [0.5, 0.6) is 0 Å². The van der Waals surface area contributed by atoms with E-state index in [1.54, 1.807) is 0 Å². The molecule has 2 saturated carbocycles. The molecular formula is C10H19NO. The summed E-state index contributed by atoms with van der Waals surface area (Å²) in [4.78, 5) is 0. The SMILES string of the molecule is CC1(CNC2CCCC2O)CC1. The van der Waals surface area contributed by atoms with Crippen molar-refractivity contribution in [1.82, 2.24) is 5.32 Å². The van der Waals surface area contributed by atoms with E-state index in [1.165, 1.54) is 19.3 Å². The van der Waals surface area contributed by atoms with Gasteiger partial charge in [-0.05, 0) is 37.5 Å². The highest BCUT2D eigenvalue weighted by molar-refractivity contribution is 4.93. The lowest BCUT2D eigenvalue weighted by atomic mass is 10.1. The van der Waals surface area contributed by atoms with Crippen LogP contribution in [0.2, 0.25) is 0 Å². The molecule has 2 heteroatoms. The van der Waals surface area contributed by atoms with E-state index in [-0.39, 0.29) is 6.10 Å². The lowest BCUT2D eigenvalue weighted by Crippen LogP contribution is -2.38. The van der Waals surface area contributed by atoms with E-state index in [9.17, 15) is 5.11 Å². The molecule has 2 N–H and O–H groups in total. The van der Waals surface area contributed by atoms with Crippen molar-refractivity contribution in [3.05, 3.63) is 0 Å². The van der Waals surface area contributed by atoms with E-state index in [0.717, 1.165) is 19.4 Å². The first-order valence-electron chi connectivity index (χ1n) is 5.11. The van der Waals surface area contributed by atoms with Crippen LogP contribution in [0.15, 0.2) is 0 Å². The van der Waals surface area contributed by atoms with Crippen LogP contribution < -0.4 is 5.32 Å². The minimum atomic E-state index is -0.0765. The van der Waals surface area contributed by atoms with Crippen LogP contribution in [0.25, 0.3) is 0 Å². The number of rotatable bonds is 3. The maximum atomic E-state index is 9.54. The molecule has 2 fully saturated rings. The van der Waals surface area contributed by atoms with Crippen LogP contribution in [0.3, 0.4) is 0 Å². The average molecular weight is 169 g/mol. The molecular weight excluding hydrogens is 150 g/mol. The molecule has 0 aromatic heterocycles. The van der Waals surface area contributed by atoms with Gasteiger partial charge in [0, 0.05) is 12.6 Å². The maximum Gasteiger partial charge on any atom is 0.0693 e. The second kappa shape index (κ2) is 3.00. The van der Waals surface area contributed by atoms with Gasteiger partial charge in [-0.3, -0.25) is 0 Å². The van der Waals surface area contributed by atoms with Crippen molar-refractivity contribution in [2.75, 3.05) is 6.54 Å². The molecule has 2 aliphatic rings. The first kappa shape index (κ1) is 8.52. The van der Waals surface area contributed by atoms with E-state index in [2.05, 4.69) is 12.2 Å². The minimum absolute atomic E-state index is 0.0765. The van der Waals surface area contributed by atoms with Gasteiger partial charge in [0.2, 0.25) is 0 Å². The summed E-state index contributed by atoms with van der Waals surface area (Å²) < 4.78 is 0. The van der Waals surface area contributed by atoms with E-state index in [4.69, 9.17) is 0 Å². The molecule has 0 spiro atoms. The first-order valence-corrected chi connectivity index (χ1v) is 5.11. The Labute approximate surface area is 74.4 Å². The third-order valence-corrected chi connectivity index (χ3v) is 3.37. The Hall–Kier alpha value is -0.0800. The van der Waals surface area contributed by atoms with Crippen LogP contribution in [0.4, 0.5) is 0 Å². The second-order valence-corrected chi connectivity index (χ2v) is 4.80. The molecule has 70 valence electrons. The smallest absolute Gasteiger partial charge is 0.0693 e. The Morgan fingerprint density at radius 1 is 1.42 bits per heavy atom. The van der Waals surface area contributed by atoms with Crippen LogP contribution in [-0.2, 0) is 0 Å². The highest BCUT2D eigenvalue weighted by Crippen LogP contribution is 2.44. The lowest BCUT2D eigenvalue weighted by molar-refractivity contribution is 0.146. The number of aliphatic hydroxyl groups excluding tert-OH is 1. The zero-order valence-electron chi connectivity index (χ0n) is 7.84. The zero-order valence-corrected chi connectivity index (χ0v) is 7.84. The Kier molecular flexibility index (Phi) is 2.13. The van der Waals surface area contributed by atoms with E-state index in [0.29, 0.717) is 11.5 Å². The molecule has 0 aromatic rings.